The minimum Gasteiger partial charge on any atom is -0.464 e. The third-order valence-electron chi connectivity index (χ3n) is 5.66. The van der Waals surface area contributed by atoms with Crippen molar-refractivity contribution in [3.8, 4) is 0 Å². The number of hydrogen-bond donors (Lipinski definition) is 0. The second-order valence-corrected chi connectivity index (χ2v) is 7.93. The molecule has 164 valence electrons. The van der Waals surface area contributed by atoms with E-state index in [0.29, 0.717) is 16.3 Å². The fourth-order valence-electron chi connectivity index (χ4n) is 4.13. The van der Waals surface area contributed by atoms with Crippen LogP contribution in [0.15, 0.2) is 84.9 Å². The number of carbonyl (C=O) groups excluding carboxylic acids is 1. The van der Waals surface area contributed by atoms with Gasteiger partial charge in [-0.05, 0) is 35.4 Å². The summed E-state index contributed by atoms with van der Waals surface area (Å²) in [6.07, 6.45) is -0.947. The molecule has 0 N–H and O–H groups in total. The first-order valence-corrected chi connectivity index (χ1v) is 10.4. The number of ether oxygens (including phenoxy) is 1. The number of rotatable bonds is 5. The zero-order valence-electron chi connectivity index (χ0n) is 17.3. The first kappa shape index (κ1) is 21.8. The summed E-state index contributed by atoms with van der Waals surface area (Å²) in [5.74, 6) is -0.937. The Morgan fingerprint density at radius 2 is 1.62 bits per heavy atom. The lowest BCUT2D eigenvalue weighted by Crippen LogP contribution is -2.61. The Bertz CT molecular complexity index is 1090. The Balaban J connectivity index is 1.95. The molecule has 1 heterocycles. The second-order valence-electron chi connectivity index (χ2n) is 7.50. The number of nitro groups is 1. The summed E-state index contributed by atoms with van der Waals surface area (Å²) < 4.78 is 5.01. The average molecular weight is 453 g/mol. The summed E-state index contributed by atoms with van der Waals surface area (Å²) in [5, 5.41) is 14.6. The second kappa shape index (κ2) is 8.98. The van der Waals surface area contributed by atoms with Crippen LogP contribution in [0.4, 0.5) is 5.69 Å². The fraction of sp³-hybridized carbons (Fsp3) is 0.208. The lowest BCUT2D eigenvalue weighted by Gasteiger charge is -2.45. The van der Waals surface area contributed by atoms with Crippen LogP contribution in [0.1, 0.15) is 29.7 Å². The summed E-state index contributed by atoms with van der Waals surface area (Å²) in [6.45, 7) is 0. The summed E-state index contributed by atoms with van der Waals surface area (Å²) in [7, 11) is 1.16. The van der Waals surface area contributed by atoms with Crippen LogP contribution in [0.5, 0.6) is 0 Å². The van der Waals surface area contributed by atoms with Crippen molar-refractivity contribution in [1.82, 2.24) is 0 Å². The van der Waals surface area contributed by atoms with Gasteiger partial charge >= 0.3 is 11.5 Å². The number of hydrogen-bond acceptors (Lipinski definition) is 6. The Kier molecular flexibility index (Phi) is 6.12. The van der Waals surface area contributed by atoms with Crippen LogP contribution in [0.2, 0.25) is 5.02 Å². The van der Waals surface area contributed by atoms with Crippen LogP contribution in [0.25, 0.3) is 0 Å². The molecule has 0 aromatic heterocycles. The Hall–Kier alpha value is -3.42. The molecule has 0 spiro atoms. The third kappa shape index (κ3) is 3.81. The molecule has 0 radical (unpaired) electrons. The first-order chi connectivity index (χ1) is 15.5. The maximum absolute atomic E-state index is 13.2. The highest BCUT2D eigenvalue weighted by Crippen LogP contribution is 2.49. The normalized spacial score (nSPS) is 22.9. The van der Waals surface area contributed by atoms with E-state index in [9.17, 15) is 14.9 Å². The molecule has 8 heteroatoms. The van der Waals surface area contributed by atoms with E-state index in [2.05, 4.69) is 0 Å². The van der Waals surface area contributed by atoms with E-state index >= 15 is 0 Å². The Morgan fingerprint density at radius 3 is 2.19 bits per heavy atom. The van der Waals surface area contributed by atoms with Crippen molar-refractivity contribution in [2.45, 2.75) is 24.1 Å². The van der Waals surface area contributed by atoms with Crippen molar-refractivity contribution in [2.24, 2.45) is 0 Å². The highest BCUT2D eigenvalue weighted by Gasteiger charge is 2.66. The fourth-order valence-corrected chi connectivity index (χ4v) is 4.26. The quantitative estimate of drug-likeness (QED) is 0.302. The number of halogens is 1. The lowest BCUT2D eigenvalue weighted by molar-refractivity contribution is -0.570. The Labute approximate surface area is 190 Å². The molecule has 32 heavy (non-hydrogen) atoms. The number of nitrogens with zero attached hydrogens (tertiary/aromatic N) is 2. The van der Waals surface area contributed by atoms with Gasteiger partial charge in [-0.25, -0.2) is 9.86 Å². The molecule has 4 rings (SSSR count). The molecule has 0 bridgehead atoms. The molecule has 1 fully saturated rings. The topological polar surface area (TPSA) is 81.9 Å². The molecule has 3 aromatic carbocycles. The average Bonchev–Trinajstić information content (AvgIpc) is 2.84. The van der Waals surface area contributed by atoms with Gasteiger partial charge in [-0.1, -0.05) is 72.3 Å². The van der Waals surface area contributed by atoms with Gasteiger partial charge in [0.05, 0.1) is 19.2 Å². The monoisotopic (exact) mass is 452 g/mol. The van der Waals surface area contributed by atoms with E-state index in [1.54, 1.807) is 48.5 Å². The van der Waals surface area contributed by atoms with E-state index < -0.39 is 28.6 Å². The maximum Gasteiger partial charge on any atom is 0.387 e. The van der Waals surface area contributed by atoms with Gasteiger partial charge < -0.3 is 4.74 Å². The van der Waals surface area contributed by atoms with Gasteiger partial charge in [0.25, 0.3) is 0 Å². The third-order valence-corrected chi connectivity index (χ3v) is 5.91. The minimum absolute atomic E-state index is 0.201. The minimum atomic E-state index is -2.13. The van der Waals surface area contributed by atoms with Gasteiger partial charge in [0.2, 0.25) is 0 Å². The molecular weight excluding hydrogens is 432 g/mol. The lowest BCUT2D eigenvalue weighted by atomic mass is 9.78. The summed E-state index contributed by atoms with van der Waals surface area (Å²) >= 11 is 6.06. The van der Waals surface area contributed by atoms with Crippen LogP contribution in [0.3, 0.4) is 0 Å². The van der Waals surface area contributed by atoms with Gasteiger partial charge in [-0.3, -0.25) is 15.0 Å². The predicted octanol–water partition coefficient (Wildman–Crippen LogP) is 5.15. The number of carbonyl (C=O) groups is 1. The van der Waals surface area contributed by atoms with Crippen molar-refractivity contribution < 1.29 is 19.3 Å². The molecule has 1 aliphatic heterocycles. The number of para-hydroxylation sites is 1. The summed E-state index contributed by atoms with van der Waals surface area (Å²) in [6, 6.07) is 23.6. The molecule has 3 atom stereocenters. The highest BCUT2D eigenvalue weighted by atomic mass is 35.5. The van der Waals surface area contributed by atoms with Crippen LogP contribution < -0.4 is 5.06 Å². The first-order valence-electron chi connectivity index (χ1n) is 10.0. The predicted molar refractivity (Wildman–Crippen MR) is 120 cm³/mol. The van der Waals surface area contributed by atoms with Crippen molar-refractivity contribution in [2.75, 3.05) is 12.2 Å². The summed E-state index contributed by atoms with van der Waals surface area (Å²) in [5.41, 5.74) is -0.329. The van der Waals surface area contributed by atoms with Crippen molar-refractivity contribution >= 4 is 23.3 Å². The zero-order valence-corrected chi connectivity index (χ0v) is 18.0. The molecule has 1 saturated heterocycles. The van der Waals surface area contributed by atoms with Crippen LogP contribution in [-0.2, 0) is 14.4 Å². The largest absolute Gasteiger partial charge is 0.464 e. The molecule has 3 aromatic rings. The molecule has 1 aliphatic rings. The van der Waals surface area contributed by atoms with E-state index in [0.717, 1.165) is 12.7 Å². The van der Waals surface area contributed by atoms with E-state index in [1.165, 1.54) is 5.06 Å². The standard InChI is InChI=1S/C24H21ClN2O5/c1-31-23(28)24(27(29)30)16-21(17-8-4-2-5-9-17)32-26(20-10-6-3-7-11-20)22(24)18-12-14-19(25)15-13-18/h2-15,21-22H,16H2,1H3/t21-,22-,24-/m1/s1. The van der Waals surface area contributed by atoms with Crippen LogP contribution in [-0.4, -0.2) is 23.5 Å². The Morgan fingerprint density at radius 1 is 1.03 bits per heavy atom. The number of anilines is 1. The SMILES string of the molecule is COC(=O)[C@@]1([N+](=O)[O-])C[C@H](c2ccccc2)ON(c2ccccc2)[C@@H]1c1ccc(Cl)cc1. The van der Waals surface area contributed by atoms with Gasteiger partial charge in [-0.15, -0.1) is 0 Å². The van der Waals surface area contributed by atoms with E-state index in [1.807, 2.05) is 36.4 Å². The van der Waals surface area contributed by atoms with Crippen molar-refractivity contribution in [3.63, 3.8) is 0 Å². The molecule has 0 amide bonds. The molecule has 0 saturated carbocycles. The number of benzene rings is 3. The number of esters is 1. The van der Waals surface area contributed by atoms with Gasteiger partial charge in [0, 0.05) is 9.95 Å². The zero-order chi connectivity index (χ0) is 22.7. The van der Waals surface area contributed by atoms with Gasteiger partial charge in [0.1, 0.15) is 6.10 Å². The van der Waals surface area contributed by atoms with E-state index in [4.69, 9.17) is 21.2 Å². The number of hydroxylamine groups is 1. The molecule has 0 aliphatic carbocycles. The van der Waals surface area contributed by atoms with Gasteiger partial charge in [0.15, 0.2) is 6.04 Å². The van der Waals surface area contributed by atoms with Crippen LogP contribution >= 0.6 is 11.6 Å². The van der Waals surface area contributed by atoms with Gasteiger partial charge in [-0.2, -0.15) is 0 Å². The summed E-state index contributed by atoms with van der Waals surface area (Å²) in [4.78, 5) is 31.6. The van der Waals surface area contributed by atoms with Crippen molar-refractivity contribution in [1.29, 1.82) is 0 Å². The highest BCUT2D eigenvalue weighted by molar-refractivity contribution is 6.30. The number of methoxy groups -OCH3 is 1. The maximum atomic E-state index is 13.2. The molecular formula is C24H21ClN2O5. The van der Waals surface area contributed by atoms with Crippen molar-refractivity contribution in [3.05, 3.63) is 111 Å². The molecule has 0 unspecified atom stereocenters. The smallest absolute Gasteiger partial charge is 0.387 e. The molecule has 7 nitrogen and oxygen atoms in total. The van der Waals surface area contributed by atoms with E-state index in [-0.39, 0.29) is 6.42 Å². The van der Waals surface area contributed by atoms with Crippen LogP contribution in [0, 0.1) is 10.1 Å².